The van der Waals surface area contributed by atoms with Gasteiger partial charge in [0.25, 0.3) is 5.91 Å². The summed E-state index contributed by atoms with van der Waals surface area (Å²) in [5.74, 6) is 0.0251. The van der Waals surface area contributed by atoms with Crippen LogP contribution >= 0.6 is 11.6 Å². The van der Waals surface area contributed by atoms with Gasteiger partial charge in [0.15, 0.2) is 0 Å². The molecule has 0 radical (unpaired) electrons. The van der Waals surface area contributed by atoms with E-state index in [1.807, 2.05) is 49.4 Å². The summed E-state index contributed by atoms with van der Waals surface area (Å²) in [6, 6.07) is 22.9. The molecule has 0 bridgehead atoms. The zero-order valence-corrected chi connectivity index (χ0v) is 17.4. The molecule has 0 aliphatic heterocycles. The van der Waals surface area contributed by atoms with Crippen molar-refractivity contribution in [1.29, 1.82) is 0 Å². The van der Waals surface area contributed by atoms with Crippen LogP contribution in [0, 0.1) is 0 Å². The van der Waals surface area contributed by atoms with Gasteiger partial charge in [-0.25, -0.2) is 0 Å². The van der Waals surface area contributed by atoms with Crippen molar-refractivity contribution in [1.82, 2.24) is 5.32 Å². The van der Waals surface area contributed by atoms with Gasteiger partial charge in [-0.1, -0.05) is 66.2 Å². The van der Waals surface area contributed by atoms with Crippen LogP contribution < -0.4 is 15.4 Å². The predicted molar refractivity (Wildman–Crippen MR) is 119 cm³/mol. The topological polar surface area (TPSA) is 67.4 Å². The van der Waals surface area contributed by atoms with Crippen molar-refractivity contribution in [3.63, 3.8) is 0 Å². The van der Waals surface area contributed by atoms with Crippen molar-refractivity contribution >= 4 is 29.1 Å². The zero-order chi connectivity index (χ0) is 21.3. The van der Waals surface area contributed by atoms with Crippen LogP contribution in [0.1, 0.15) is 35.3 Å². The number of hydrogen-bond acceptors (Lipinski definition) is 3. The van der Waals surface area contributed by atoms with Crippen LogP contribution in [0.4, 0.5) is 5.69 Å². The van der Waals surface area contributed by atoms with E-state index in [1.165, 1.54) is 0 Å². The number of anilines is 1. The maximum Gasteiger partial charge on any atom is 0.253 e. The van der Waals surface area contributed by atoms with Crippen molar-refractivity contribution < 1.29 is 14.3 Å². The molecule has 5 nitrogen and oxygen atoms in total. The fraction of sp³-hybridized carbons (Fsp3) is 0.167. The average Bonchev–Trinajstić information content (AvgIpc) is 2.75. The summed E-state index contributed by atoms with van der Waals surface area (Å²) >= 11 is 6.15. The Morgan fingerprint density at radius 2 is 1.60 bits per heavy atom. The van der Waals surface area contributed by atoms with Crippen LogP contribution in [0.15, 0.2) is 78.9 Å². The van der Waals surface area contributed by atoms with E-state index in [2.05, 4.69) is 10.6 Å². The summed E-state index contributed by atoms with van der Waals surface area (Å²) in [7, 11) is 0. The lowest BCUT2D eigenvalue weighted by Gasteiger charge is -2.20. The molecule has 0 saturated heterocycles. The molecule has 6 heteroatoms. The molecule has 3 aromatic rings. The highest BCUT2D eigenvalue weighted by Gasteiger charge is 2.21. The number of amides is 2. The molecule has 3 rings (SSSR count). The molecule has 1 atom stereocenters. The predicted octanol–water partition coefficient (Wildman–Crippen LogP) is 5.24. The number of ether oxygens (including phenoxy) is 1. The first-order valence-electron chi connectivity index (χ1n) is 9.70. The number of para-hydroxylation sites is 2. The van der Waals surface area contributed by atoms with Gasteiger partial charge >= 0.3 is 0 Å². The van der Waals surface area contributed by atoms with E-state index in [1.54, 1.807) is 36.4 Å². The van der Waals surface area contributed by atoms with Crippen LogP contribution in [0.3, 0.4) is 0 Å². The van der Waals surface area contributed by atoms with E-state index in [0.29, 0.717) is 28.6 Å². The Kier molecular flexibility index (Phi) is 7.46. The highest BCUT2D eigenvalue weighted by atomic mass is 35.5. The average molecular weight is 423 g/mol. The second kappa shape index (κ2) is 10.5. The molecule has 3 aromatic carbocycles. The van der Waals surface area contributed by atoms with Gasteiger partial charge in [0.2, 0.25) is 5.91 Å². The lowest BCUT2D eigenvalue weighted by Crippen LogP contribution is -2.31. The molecular weight excluding hydrogens is 400 g/mol. The minimum Gasteiger partial charge on any atom is -0.492 e. The lowest BCUT2D eigenvalue weighted by molar-refractivity contribution is -0.116. The Labute approximate surface area is 181 Å². The van der Waals surface area contributed by atoms with Gasteiger partial charge in [-0.05, 0) is 36.8 Å². The molecule has 0 aliphatic carbocycles. The second-order valence-electron chi connectivity index (χ2n) is 6.60. The quantitative estimate of drug-likeness (QED) is 0.521. The summed E-state index contributed by atoms with van der Waals surface area (Å²) in [6.45, 7) is 2.38. The molecule has 0 heterocycles. The van der Waals surface area contributed by atoms with Crippen LogP contribution in [-0.2, 0) is 4.79 Å². The third-order valence-corrected chi connectivity index (χ3v) is 4.81. The Hall–Kier alpha value is -3.31. The van der Waals surface area contributed by atoms with Crippen molar-refractivity contribution in [2.24, 2.45) is 0 Å². The molecule has 0 unspecified atom stereocenters. The first-order chi connectivity index (χ1) is 14.6. The van der Waals surface area contributed by atoms with E-state index >= 15 is 0 Å². The van der Waals surface area contributed by atoms with Crippen LogP contribution in [0.25, 0.3) is 0 Å². The van der Waals surface area contributed by atoms with E-state index in [9.17, 15) is 9.59 Å². The minimum atomic E-state index is -0.519. The molecule has 2 amide bonds. The summed E-state index contributed by atoms with van der Waals surface area (Å²) in [6.07, 6.45) is 0.0562. The minimum absolute atomic E-state index is 0.0562. The third kappa shape index (κ3) is 5.61. The summed E-state index contributed by atoms with van der Waals surface area (Å²) in [4.78, 5) is 25.6. The first kappa shape index (κ1) is 21.4. The largest absolute Gasteiger partial charge is 0.492 e. The van der Waals surface area contributed by atoms with E-state index in [4.69, 9.17) is 16.3 Å². The molecule has 0 saturated carbocycles. The van der Waals surface area contributed by atoms with Crippen molar-refractivity contribution in [2.75, 3.05) is 11.9 Å². The molecular formula is C24H23ClN2O3. The molecule has 0 spiro atoms. The third-order valence-electron chi connectivity index (χ3n) is 4.48. The maximum absolute atomic E-state index is 12.8. The Bertz CT molecular complexity index is 1010. The normalized spacial score (nSPS) is 11.4. The van der Waals surface area contributed by atoms with E-state index in [-0.39, 0.29) is 18.2 Å². The lowest BCUT2D eigenvalue weighted by atomic mass is 10.0. The summed E-state index contributed by atoms with van der Waals surface area (Å²) < 4.78 is 5.56. The van der Waals surface area contributed by atoms with E-state index in [0.717, 1.165) is 5.56 Å². The fourth-order valence-corrected chi connectivity index (χ4v) is 3.28. The first-order valence-corrected chi connectivity index (χ1v) is 10.1. The van der Waals surface area contributed by atoms with Crippen LogP contribution in [0.2, 0.25) is 5.02 Å². The molecule has 0 aliphatic rings. The Morgan fingerprint density at radius 1 is 0.933 bits per heavy atom. The zero-order valence-electron chi connectivity index (χ0n) is 16.6. The second-order valence-corrected chi connectivity index (χ2v) is 7.01. The van der Waals surface area contributed by atoms with Gasteiger partial charge in [-0.2, -0.15) is 0 Å². The van der Waals surface area contributed by atoms with Gasteiger partial charge in [-0.15, -0.1) is 0 Å². The monoisotopic (exact) mass is 422 g/mol. The summed E-state index contributed by atoms with van der Waals surface area (Å²) in [5.41, 5.74) is 1.78. The Morgan fingerprint density at radius 3 is 2.33 bits per heavy atom. The van der Waals surface area contributed by atoms with Gasteiger partial charge in [-0.3, -0.25) is 9.59 Å². The number of benzene rings is 3. The highest BCUT2D eigenvalue weighted by molar-refractivity contribution is 6.33. The number of carbonyl (C=O) groups excluding carboxylic acids is 2. The maximum atomic E-state index is 12.8. The molecule has 0 fully saturated rings. The SMILES string of the molecule is CCOc1ccccc1NC(=O)C[C@H](NC(=O)c1ccccc1Cl)c1ccccc1. The number of hydrogen-bond donors (Lipinski definition) is 2. The van der Waals surface area contributed by atoms with Crippen LogP contribution in [-0.4, -0.2) is 18.4 Å². The van der Waals surface area contributed by atoms with Gasteiger partial charge in [0, 0.05) is 0 Å². The number of rotatable bonds is 8. The van der Waals surface area contributed by atoms with Crippen molar-refractivity contribution in [3.8, 4) is 5.75 Å². The van der Waals surface area contributed by atoms with Crippen molar-refractivity contribution in [3.05, 3.63) is 95.0 Å². The number of halogens is 1. The smallest absolute Gasteiger partial charge is 0.253 e. The number of nitrogens with one attached hydrogen (secondary N) is 2. The summed E-state index contributed by atoms with van der Waals surface area (Å²) in [5, 5.41) is 6.17. The van der Waals surface area contributed by atoms with Gasteiger partial charge < -0.3 is 15.4 Å². The molecule has 30 heavy (non-hydrogen) atoms. The molecule has 154 valence electrons. The van der Waals surface area contributed by atoms with Gasteiger partial charge in [0.1, 0.15) is 5.75 Å². The van der Waals surface area contributed by atoms with Crippen molar-refractivity contribution in [2.45, 2.75) is 19.4 Å². The highest BCUT2D eigenvalue weighted by Crippen LogP contribution is 2.25. The Balaban J connectivity index is 1.77. The molecule has 2 N–H and O–H groups in total. The number of carbonyl (C=O) groups is 2. The van der Waals surface area contributed by atoms with E-state index < -0.39 is 6.04 Å². The standard InChI is InChI=1S/C24H23ClN2O3/c1-2-30-22-15-9-8-14-20(22)26-23(28)16-21(17-10-4-3-5-11-17)27-24(29)18-12-6-7-13-19(18)25/h3-15,21H,2,16H2,1H3,(H,26,28)(H,27,29)/t21-/m0/s1. The van der Waals surface area contributed by atoms with Crippen LogP contribution in [0.5, 0.6) is 5.75 Å². The fourth-order valence-electron chi connectivity index (χ4n) is 3.06. The van der Waals surface area contributed by atoms with Gasteiger partial charge in [0.05, 0.1) is 35.3 Å². The molecule has 0 aromatic heterocycles.